The van der Waals surface area contributed by atoms with Gasteiger partial charge in [0.05, 0.1) is 0 Å². The summed E-state index contributed by atoms with van der Waals surface area (Å²) in [7, 11) is 0. The third-order valence-electron chi connectivity index (χ3n) is 3.60. The van der Waals surface area contributed by atoms with Crippen LogP contribution < -0.4 is 5.73 Å². The number of amides is 1. The molecule has 18 heavy (non-hydrogen) atoms. The number of carbonyl (C=O) groups excluding carboxylic acids is 1. The van der Waals surface area contributed by atoms with Crippen LogP contribution in [0.2, 0.25) is 0 Å². The van der Waals surface area contributed by atoms with E-state index in [-0.39, 0.29) is 18.0 Å². The van der Waals surface area contributed by atoms with Crippen molar-refractivity contribution in [3.05, 3.63) is 33.8 Å². The number of halogens is 1. The van der Waals surface area contributed by atoms with E-state index in [0.29, 0.717) is 0 Å². The van der Waals surface area contributed by atoms with Gasteiger partial charge in [-0.05, 0) is 50.5 Å². The van der Waals surface area contributed by atoms with E-state index < -0.39 is 0 Å². The molecule has 0 radical (unpaired) electrons. The number of carbonyl (C=O) groups is 1. The topological polar surface area (TPSA) is 46.3 Å². The molecule has 1 aromatic carbocycles. The lowest BCUT2D eigenvalue weighted by molar-refractivity contribution is 0.0618. The molecule has 1 saturated heterocycles. The Bertz CT molecular complexity index is 461. The first kappa shape index (κ1) is 13.6. The first-order chi connectivity index (χ1) is 8.49. The molecule has 1 fully saturated rings. The summed E-state index contributed by atoms with van der Waals surface area (Å²) in [6, 6.07) is 6.25. The number of nitrogens with two attached hydrogens (primary N) is 1. The van der Waals surface area contributed by atoms with E-state index in [4.69, 9.17) is 5.73 Å². The van der Waals surface area contributed by atoms with Crippen molar-refractivity contribution >= 4 is 21.8 Å². The zero-order valence-corrected chi connectivity index (χ0v) is 12.4. The minimum atomic E-state index is 0.124. The lowest BCUT2D eigenvalue weighted by Crippen LogP contribution is -2.48. The van der Waals surface area contributed by atoms with Gasteiger partial charge in [0, 0.05) is 28.7 Å². The van der Waals surface area contributed by atoms with Gasteiger partial charge in [-0.1, -0.05) is 15.9 Å². The smallest absolute Gasteiger partial charge is 0.254 e. The minimum Gasteiger partial charge on any atom is -0.336 e. The fraction of sp³-hybridized carbons (Fsp3) is 0.500. The highest BCUT2D eigenvalue weighted by Gasteiger charge is 2.28. The molecule has 0 saturated carbocycles. The van der Waals surface area contributed by atoms with Gasteiger partial charge in [0.2, 0.25) is 0 Å². The summed E-state index contributed by atoms with van der Waals surface area (Å²) in [5.41, 5.74) is 7.73. The maximum absolute atomic E-state index is 12.5. The van der Waals surface area contributed by atoms with E-state index in [1.54, 1.807) is 0 Å². The van der Waals surface area contributed by atoms with Gasteiger partial charge in [-0.3, -0.25) is 4.79 Å². The zero-order chi connectivity index (χ0) is 13.3. The van der Waals surface area contributed by atoms with Crippen molar-refractivity contribution in [3.63, 3.8) is 0 Å². The molecular weight excluding hydrogens is 292 g/mol. The lowest BCUT2D eigenvalue weighted by atomic mass is 9.97. The second-order valence-corrected chi connectivity index (χ2v) is 6.01. The number of nitrogens with zero attached hydrogens (tertiary/aromatic N) is 1. The van der Waals surface area contributed by atoms with Gasteiger partial charge in [-0.15, -0.1) is 0 Å². The van der Waals surface area contributed by atoms with Crippen LogP contribution in [0.1, 0.15) is 35.7 Å². The van der Waals surface area contributed by atoms with Gasteiger partial charge in [-0.2, -0.15) is 0 Å². The van der Waals surface area contributed by atoms with Crippen molar-refractivity contribution in [1.29, 1.82) is 0 Å². The first-order valence-corrected chi connectivity index (χ1v) is 7.11. The molecule has 0 aliphatic carbocycles. The van der Waals surface area contributed by atoms with Crippen molar-refractivity contribution in [2.75, 3.05) is 6.54 Å². The number of hydrogen-bond acceptors (Lipinski definition) is 2. The third-order valence-corrected chi connectivity index (χ3v) is 4.09. The van der Waals surface area contributed by atoms with E-state index >= 15 is 0 Å². The molecule has 0 bridgehead atoms. The molecule has 1 aliphatic heterocycles. The van der Waals surface area contributed by atoms with Crippen molar-refractivity contribution < 1.29 is 4.79 Å². The minimum absolute atomic E-state index is 0.124. The Labute approximate surface area is 116 Å². The highest BCUT2D eigenvalue weighted by Crippen LogP contribution is 2.22. The molecule has 1 aliphatic rings. The molecule has 1 amide bonds. The second kappa shape index (κ2) is 5.41. The molecule has 0 unspecified atom stereocenters. The molecule has 4 heteroatoms. The average Bonchev–Trinajstić information content (AvgIpc) is 2.28. The summed E-state index contributed by atoms with van der Waals surface area (Å²) in [4.78, 5) is 14.5. The number of aryl methyl sites for hydroxylation is 1. The zero-order valence-electron chi connectivity index (χ0n) is 10.8. The van der Waals surface area contributed by atoms with E-state index in [9.17, 15) is 4.79 Å². The van der Waals surface area contributed by atoms with Gasteiger partial charge in [-0.25, -0.2) is 0 Å². The molecule has 98 valence electrons. The van der Waals surface area contributed by atoms with Gasteiger partial charge in [0.25, 0.3) is 5.91 Å². The second-order valence-electron chi connectivity index (χ2n) is 5.09. The predicted molar refractivity (Wildman–Crippen MR) is 76.6 cm³/mol. The van der Waals surface area contributed by atoms with Crippen LogP contribution in [0.4, 0.5) is 0 Å². The fourth-order valence-electron chi connectivity index (χ4n) is 2.53. The van der Waals surface area contributed by atoms with Crippen LogP contribution in [0.3, 0.4) is 0 Å². The van der Waals surface area contributed by atoms with Crippen molar-refractivity contribution in [2.45, 2.75) is 38.8 Å². The van der Waals surface area contributed by atoms with Gasteiger partial charge in [0.15, 0.2) is 0 Å². The number of likely N-dealkylation sites (tertiary alicyclic amines) is 1. The maximum Gasteiger partial charge on any atom is 0.254 e. The van der Waals surface area contributed by atoms with E-state index in [0.717, 1.165) is 35.0 Å². The van der Waals surface area contributed by atoms with E-state index in [1.807, 2.05) is 30.0 Å². The summed E-state index contributed by atoms with van der Waals surface area (Å²) < 4.78 is 1.00. The Morgan fingerprint density at radius 3 is 2.83 bits per heavy atom. The molecule has 1 aromatic rings. The first-order valence-electron chi connectivity index (χ1n) is 6.31. The molecule has 1 heterocycles. The molecule has 2 rings (SSSR count). The standard InChI is InChI=1S/C14H19BrN2O/c1-9-7-11(15)3-4-13(9)14(18)17-6-5-12(16)8-10(17)2/h3-4,7,10,12H,5-6,8,16H2,1-2H3/t10-,12+/m0/s1. The number of piperidine rings is 1. The largest absolute Gasteiger partial charge is 0.336 e. The highest BCUT2D eigenvalue weighted by atomic mass is 79.9. The summed E-state index contributed by atoms with van der Waals surface area (Å²) in [5, 5.41) is 0. The van der Waals surface area contributed by atoms with Crippen molar-refractivity contribution in [1.82, 2.24) is 4.90 Å². The molecule has 3 nitrogen and oxygen atoms in total. The van der Waals surface area contributed by atoms with Crippen molar-refractivity contribution in [2.24, 2.45) is 5.73 Å². The van der Waals surface area contributed by atoms with Gasteiger partial charge < -0.3 is 10.6 Å². The summed E-state index contributed by atoms with van der Waals surface area (Å²) in [5.74, 6) is 0.124. The van der Waals surface area contributed by atoms with E-state index in [2.05, 4.69) is 22.9 Å². The number of rotatable bonds is 1. The van der Waals surface area contributed by atoms with Crippen LogP contribution in [0.5, 0.6) is 0 Å². The predicted octanol–water partition coefficient (Wildman–Crippen LogP) is 2.71. The van der Waals surface area contributed by atoms with Crippen LogP contribution in [0, 0.1) is 6.92 Å². The summed E-state index contributed by atoms with van der Waals surface area (Å²) in [6.45, 7) is 4.81. The summed E-state index contributed by atoms with van der Waals surface area (Å²) >= 11 is 3.42. The Hall–Kier alpha value is -0.870. The van der Waals surface area contributed by atoms with Gasteiger partial charge >= 0.3 is 0 Å². The molecule has 2 atom stereocenters. The fourth-order valence-corrected chi connectivity index (χ4v) is 3.01. The Balaban J connectivity index is 2.20. The molecule has 2 N–H and O–H groups in total. The third kappa shape index (κ3) is 2.75. The Morgan fingerprint density at radius 1 is 1.50 bits per heavy atom. The monoisotopic (exact) mass is 310 g/mol. The SMILES string of the molecule is Cc1cc(Br)ccc1C(=O)N1CC[C@@H](N)C[C@@H]1C. The van der Waals surface area contributed by atoms with Crippen LogP contribution in [-0.4, -0.2) is 29.4 Å². The number of hydrogen-bond donors (Lipinski definition) is 1. The van der Waals surface area contributed by atoms with Gasteiger partial charge in [0.1, 0.15) is 0 Å². The Kier molecular flexibility index (Phi) is 4.07. The molecular formula is C14H19BrN2O. The normalized spacial score (nSPS) is 24.1. The Morgan fingerprint density at radius 2 is 2.22 bits per heavy atom. The highest BCUT2D eigenvalue weighted by molar-refractivity contribution is 9.10. The maximum atomic E-state index is 12.5. The summed E-state index contributed by atoms with van der Waals surface area (Å²) in [6.07, 6.45) is 1.78. The van der Waals surface area contributed by atoms with Crippen LogP contribution in [0.25, 0.3) is 0 Å². The number of benzene rings is 1. The van der Waals surface area contributed by atoms with E-state index in [1.165, 1.54) is 0 Å². The molecule has 0 aromatic heterocycles. The lowest BCUT2D eigenvalue weighted by Gasteiger charge is -2.36. The average molecular weight is 311 g/mol. The van der Waals surface area contributed by atoms with Crippen LogP contribution in [-0.2, 0) is 0 Å². The quantitative estimate of drug-likeness (QED) is 0.867. The van der Waals surface area contributed by atoms with Crippen molar-refractivity contribution in [3.8, 4) is 0 Å². The van der Waals surface area contributed by atoms with Crippen LogP contribution in [0.15, 0.2) is 22.7 Å². The van der Waals surface area contributed by atoms with Crippen LogP contribution >= 0.6 is 15.9 Å². The molecule has 0 spiro atoms.